The molecule has 0 aliphatic heterocycles. The molecule has 1 aliphatic rings. The SMILES string of the molecule is CC1=C([O-])C(O)CC(C)(C)C1=O.[Na+]. The minimum atomic E-state index is -0.988. The maximum Gasteiger partial charge on any atom is 1.00 e. The number of carbonyl (C=O) groups excluding carboxylic acids is 1. The van der Waals surface area contributed by atoms with E-state index in [1.807, 2.05) is 0 Å². The summed E-state index contributed by atoms with van der Waals surface area (Å²) in [5.41, 5.74) is -0.407. The largest absolute Gasteiger partial charge is 1.00 e. The van der Waals surface area contributed by atoms with E-state index < -0.39 is 17.3 Å². The van der Waals surface area contributed by atoms with Crippen LogP contribution in [0.1, 0.15) is 27.2 Å². The molecular formula is C9H13NaO3. The Morgan fingerprint density at radius 3 is 2.46 bits per heavy atom. The van der Waals surface area contributed by atoms with Crippen LogP contribution in [0.25, 0.3) is 0 Å². The van der Waals surface area contributed by atoms with Gasteiger partial charge in [-0.05, 0) is 18.9 Å². The molecule has 0 aromatic rings. The van der Waals surface area contributed by atoms with E-state index in [0.29, 0.717) is 0 Å². The van der Waals surface area contributed by atoms with Gasteiger partial charge in [0.25, 0.3) is 0 Å². The monoisotopic (exact) mass is 192 g/mol. The molecule has 1 atom stereocenters. The fourth-order valence-corrected chi connectivity index (χ4v) is 1.54. The van der Waals surface area contributed by atoms with Crippen molar-refractivity contribution in [2.45, 2.75) is 33.3 Å². The first-order valence-electron chi connectivity index (χ1n) is 3.97. The average Bonchev–Trinajstić information content (AvgIpc) is 1.97. The molecule has 3 nitrogen and oxygen atoms in total. The average molecular weight is 192 g/mol. The van der Waals surface area contributed by atoms with Crippen LogP contribution in [0.5, 0.6) is 0 Å². The zero-order valence-corrected chi connectivity index (χ0v) is 10.5. The molecule has 0 aromatic heterocycles. The second-order valence-electron chi connectivity index (χ2n) is 3.92. The maximum absolute atomic E-state index is 11.4. The van der Waals surface area contributed by atoms with Crippen molar-refractivity contribution in [1.82, 2.24) is 0 Å². The van der Waals surface area contributed by atoms with Crippen LogP contribution in [0.4, 0.5) is 0 Å². The van der Waals surface area contributed by atoms with Gasteiger partial charge in [-0.25, -0.2) is 0 Å². The third-order valence-corrected chi connectivity index (χ3v) is 2.33. The topological polar surface area (TPSA) is 60.4 Å². The Balaban J connectivity index is 0.00000144. The van der Waals surface area contributed by atoms with Crippen molar-refractivity contribution in [2.75, 3.05) is 0 Å². The summed E-state index contributed by atoms with van der Waals surface area (Å²) in [5.74, 6) is -0.558. The van der Waals surface area contributed by atoms with Crippen LogP contribution in [0.15, 0.2) is 11.3 Å². The zero-order valence-electron chi connectivity index (χ0n) is 8.55. The minimum Gasteiger partial charge on any atom is -0.873 e. The Bertz CT molecular complexity index is 256. The van der Waals surface area contributed by atoms with Gasteiger partial charge in [0, 0.05) is 5.41 Å². The summed E-state index contributed by atoms with van der Waals surface area (Å²) in [4.78, 5) is 11.4. The Morgan fingerprint density at radius 1 is 1.54 bits per heavy atom. The molecule has 0 amide bonds. The Hall–Kier alpha value is 0.170. The van der Waals surface area contributed by atoms with E-state index in [4.69, 9.17) is 0 Å². The molecule has 1 aliphatic carbocycles. The van der Waals surface area contributed by atoms with Crippen LogP contribution < -0.4 is 34.7 Å². The quantitative estimate of drug-likeness (QED) is 0.416. The standard InChI is InChI=1S/C9H14O3.Na/c1-5-7(11)6(10)4-9(2,3)8(5)12;/h6,10-11H,4H2,1-3H3;/q;+1/p-1. The molecule has 13 heavy (non-hydrogen) atoms. The molecule has 0 spiro atoms. The number of rotatable bonds is 0. The summed E-state index contributed by atoms with van der Waals surface area (Å²) in [6, 6.07) is 0. The fourth-order valence-electron chi connectivity index (χ4n) is 1.54. The first kappa shape index (κ1) is 13.2. The molecule has 0 aromatic carbocycles. The molecule has 0 saturated heterocycles. The van der Waals surface area contributed by atoms with Gasteiger partial charge in [0.2, 0.25) is 0 Å². The van der Waals surface area contributed by atoms with Gasteiger partial charge < -0.3 is 10.2 Å². The molecule has 4 heteroatoms. The van der Waals surface area contributed by atoms with Gasteiger partial charge in [-0.15, -0.1) is 0 Å². The third kappa shape index (κ3) is 2.34. The van der Waals surface area contributed by atoms with Crippen molar-refractivity contribution >= 4 is 5.78 Å². The van der Waals surface area contributed by atoms with Crippen molar-refractivity contribution in [3.8, 4) is 0 Å². The summed E-state index contributed by atoms with van der Waals surface area (Å²) >= 11 is 0. The fraction of sp³-hybridized carbons (Fsp3) is 0.667. The minimum absolute atomic E-state index is 0. The normalized spacial score (nSPS) is 27.1. The van der Waals surface area contributed by atoms with E-state index in [1.54, 1.807) is 13.8 Å². The van der Waals surface area contributed by atoms with E-state index >= 15 is 0 Å². The molecule has 0 heterocycles. The van der Waals surface area contributed by atoms with Gasteiger partial charge in [0.1, 0.15) is 0 Å². The van der Waals surface area contributed by atoms with Gasteiger partial charge in [0.05, 0.1) is 6.10 Å². The van der Waals surface area contributed by atoms with Crippen LogP contribution in [0.2, 0.25) is 0 Å². The number of Topliss-reactive ketones (excluding diaryl/α,β-unsaturated/α-hetero) is 1. The third-order valence-electron chi connectivity index (χ3n) is 2.33. The van der Waals surface area contributed by atoms with E-state index in [9.17, 15) is 15.0 Å². The second kappa shape index (κ2) is 4.13. The number of hydrogen-bond acceptors (Lipinski definition) is 3. The zero-order chi connectivity index (χ0) is 9.52. The number of ketones is 1. The van der Waals surface area contributed by atoms with Crippen molar-refractivity contribution in [2.24, 2.45) is 5.41 Å². The first-order valence-corrected chi connectivity index (χ1v) is 3.97. The van der Waals surface area contributed by atoms with Crippen LogP contribution in [0.3, 0.4) is 0 Å². The van der Waals surface area contributed by atoms with E-state index in [-0.39, 0.29) is 47.3 Å². The summed E-state index contributed by atoms with van der Waals surface area (Å²) in [7, 11) is 0. The number of hydrogen-bond donors (Lipinski definition) is 1. The van der Waals surface area contributed by atoms with E-state index in [1.165, 1.54) is 6.92 Å². The van der Waals surface area contributed by atoms with Crippen LogP contribution in [0, 0.1) is 5.41 Å². The summed E-state index contributed by atoms with van der Waals surface area (Å²) in [6.07, 6.45) is -0.750. The molecule has 1 unspecified atom stereocenters. The molecule has 0 bridgehead atoms. The smallest absolute Gasteiger partial charge is 0.873 e. The number of carbonyl (C=O) groups is 1. The molecule has 68 valence electrons. The van der Waals surface area contributed by atoms with Crippen molar-refractivity contribution in [1.29, 1.82) is 0 Å². The predicted octanol–water partition coefficient (Wildman–Crippen LogP) is -3.02. The van der Waals surface area contributed by atoms with Crippen LogP contribution >= 0.6 is 0 Å². The molecule has 0 radical (unpaired) electrons. The Labute approximate surface area is 100 Å². The number of aliphatic hydroxyl groups is 1. The molecular weight excluding hydrogens is 179 g/mol. The maximum atomic E-state index is 11.4. The summed E-state index contributed by atoms with van der Waals surface area (Å²) < 4.78 is 0. The first-order chi connectivity index (χ1) is 5.36. The van der Waals surface area contributed by atoms with Gasteiger partial charge in [-0.2, -0.15) is 0 Å². The summed E-state index contributed by atoms with van der Waals surface area (Å²) in [6.45, 7) is 4.97. The molecule has 1 rings (SSSR count). The Morgan fingerprint density at radius 2 is 2.00 bits per heavy atom. The van der Waals surface area contributed by atoms with Gasteiger partial charge in [0.15, 0.2) is 5.78 Å². The molecule has 0 fully saturated rings. The summed E-state index contributed by atoms with van der Waals surface area (Å²) in [5, 5.41) is 20.4. The van der Waals surface area contributed by atoms with Crippen molar-refractivity contribution < 1.29 is 44.6 Å². The Kier molecular flexibility index (Phi) is 4.19. The van der Waals surface area contributed by atoms with Crippen molar-refractivity contribution in [3.05, 3.63) is 11.3 Å². The van der Waals surface area contributed by atoms with Gasteiger partial charge >= 0.3 is 29.6 Å². The number of aliphatic hydroxyl groups excluding tert-OH is 1. The van der Waals surface area contributed by atoms with Gasteiger partial charge in [-0.1, -0.05) is 19.6 Å². The molecule has 1 N–H and O–H groups in total. The van der Waals surface area contributed by atoms with Crippen LogP contribution in [-0.4, -0.2) is 17.0 Å². The predicted molar refractivity (Wildman–Crippen MR) is 42.1 cm³/mol. The van der Waals surface area contributed by atoms with Crippen LogP contribution in [-0.2, 0) is 4.79 Å². The van der Waals surface area contributed by atoms with E-state index in [2.05, 4.69) is 0 Å². The van der Waals surface area contributed by atoms with Gasteiger partial charge in [-0.3, -0.25) is 4.79 Å². The second-order valence-corrected chi connectivity index (χ2v) is 3.92. The number of allylic oxidation sites excluding steroid dienone is 1. The van der Waals surface area contributed by atoms with Crippen molar-refractivity contribution in [3.63, 3.8) is 0 Å². The van der Waals surface area contributed by atoms with E-state index in [0.717, 1.165) is 0 Å². The molecule has 0 saturated carbocycles.